The van der Waals surface area contributed by atoms with E-state index < -0.39 is 17.5 Å². The number of aromatic nitrogens is 1. The molecule has 1 aromatic heterocycles. The first kappa shape index (κ1) is 15.9. The third-order valence-corrected chi connectivity index (χ3v) is 3.35. The maximum Gasteiger partial charge on any atom is 0.262 e. The van der Waals surface area contributed by atoms with Crippen molar-refractivity contribution in [2.45, 2.75) is 6.92 Å². The van der Waals surface area contributed by atoms with Gasteiger partial charge >= 0.3 is 0 Å². The van der Waals surface area contributed by atoms with Crippen molar-refractivity contribution in [1.29, 1.82) is 0 Å². The van der Waals surface area contributed by atoms with Crippen LogP contribution >= 0.6 is 0 Å². The highest BCUT2D eigenvalue weighted by Crippen LogP contribution is 2.26. The fourth-order valence-electron chi connectivity index (χ4n) is 2.34. The van der Waals surface area contributed by atoms with Crippen LogP contribution in [0.3, 0.4) is 0 Å². The number of rotatable bonds is 4. The van der Waals surface area contributed by atoms with Crippen LogP contribution in [0.5, 0.6) is 5.75 Å². The van der Waals surface area contributed by atoms with E-state index in [1.807, 2.05) is 6.07 Å². The van der Waals surface area contributed by atoms with Crippen molar-refractivity contribution in [3.05, 3.63) is 65.9 Å². The molecule has 0 unspecified atom stereocenters. The van der Waals surface area contributed by atoms with Crippen molar-refractivity contribution in [2.75, 3.05) is 11.9 Å². The first-order valence-electron chi connectivity index (χ1n) is 7.27. The summed E-state index contributed by atoms with van der Waals surface area (Å²) in [6.45, 7) is 1.45. The Morgan fingerprint density at radius 1 is 1.17 bits per heavy atom. The first-order valence-corrected chi connectivity index (χ1v) is 7.27. The molecule has 3 aromatic rings. The molecule has 0 saturated carbocycles. The van der Waals surface area contributed by atoms with Crippen LogP contribution in [0.25, 0.3) is 10.9 Å². The molecule has 4 nitrogen and oxygen atoms in total. The van der Waals surface area contributed by atoms with Crippen LogP contribution in [0.2, 0.25) is 0 Å². The Balaban J connectivity index is 1.83. The van der Waals surface area contributed by atoms with Gasteiger partial charge in [0.1, 0.15) is 17.1 Å². The summed E-state index contributed by atoms with van der Waals surface area (Å²) in [5.74, 6) is -1.39. The number of hydrogen-bond donors (Lipinski definition) is 1. The van der Waals surface area contributed by atoms with E-state index in [-0.39, 0.29) is 23.2 Å². The van der Waals surface area contributed by atoms with Gasteiger partial charge in [-0.1, -0.05) is 18.2 Å². The molecule has 0 spiro atoms. The van der Waals surface area contributed by atoms with Gasteiger partial charge < -0.3 is 10.1 Å². The highest BCUT2D eigenvalue weighted by molar-refractivity contribution is 6.01. The Labute approximate surface area is 137 Å². The second kappa shape index (κ2) is 6.62. The number of benzene rings is 2. The van der Waals surface area contributed by atoms with Gasteiger partial charge in [0.05, 0.1) is 5.69 Å². The number of carbonyl (C=O) groups is 1. The molecule has 24 heavy (non-hydrogen) atoms. The number of ether oxygens (including phenoxy) is 1. The van der Waals surface area contributed by atoms with Gasteiger partial charge in [0.25, 0.3) is 5.91 Å². The molecule has 0 aliphatic rings. The SMILES string of the molecule is Cc1cc(NC(=O)COc2ccccc2)c2cc(F)cc(F)c2n1. The van der Waals surface area contributed by atoms with Gasteiger partial charge in [0, 0.05) is 17.1 Å². The van der Waals surface area contributed by atoms with E-state index in [0.717, 1.165) is 12.1 Å². The molecule has 0 bridgehead atoms. The molecule has 0 aliphatic heterocycles. The van der Waals surface area contributed by atoms with E-state index in [0.29, 0.717) is 11.4 Å². The minimum absolute atomic E-state index is 0.00989. The number of hydrogen-bond acceptors (Lipinski definition) is 3. The number of nitrogens with zero attached hydrogens (tertiary/aromatic N) is 1. The van der Waals surface area contributed by atoms with Crippen molar-refractivity contribution in [2.24, 2.45) is 0 Å². The van der Waals surface area contributed by atoms with Gasteiger partial charge in [-0.15, -0.1) is 0 Å². The molecule has 0 atom stereocenters. The lowest BCUT2D eigenvalue weighted by Gasteiger charge is -2.11. The standard InChI is InChI=1S/C18H14F2N2O2/c1-11-7-16(14-8-12(19)9-15(20)18(14)21-11)22-17(23)10-24-13-5-3-2-4-6-13/h2-9H,10H2,1H3,(H,21,22,23). The van der Waals surface area contributed by atoms with Gasteiger partial charge in [-0.2, -0.15) is 0 Å². The molecule has 0 fully saturated rings. The summed E-state index contributed by atoms with van der Waals surface area (Å²) in [7, 11) is 0. The van der Waals surface area contributed by atoms with Crippen LogP contribution in [0.4, 0.5) is 14.5 Å². The second-order valence-corrected chi connectivity index (χ2v) is 5.24. The molecule has 0 aliphatic carbocycles. The Kier molecular flexibility index (Phi) is 4.37. The predicted octanol–water partition coefficient (Wildman–Crippen LogP) is 3.84. The number of pyridine rings is 1. The number of halogens is 2. The van der Waals surface area contributed by atoms with Crippen LogP contribution < -0.4 is 10.1 Å². The zero-order valence-corrected chi connectivity index (χ0v) is 12.8. The fraction of sp³-hybridized carbons (Fsp3) is 0.111. The van der Waals surface area contributed by atoms with E-state index in [1.54, 1.807) is 37.3 Å². The Hall–Kier alpha value is -3.02. The van der Waals surface area contributed by atoms with Gasteiger partial charge in [-0.05, 0) is 31.2 Å². The smallest absolute Gasteiger partial charge is 0.262 e. The molecule has 2 aromatic carbocycles. The van der Waals surface area contributed by atoms with E-state index in [9.17, 15) is 13.6 Å². The number of aryl methyl sites for hydroxylation is 1. The summed E-state index contributed by atoms with van der Waals surface area (Å²) < 4.78 is 32.7. The quantitative estimate of drug-likeness (QED) is 0.792. The lowest BCUT2D eigenvalue weighted by Crippen LogP contribution is -2.20. The number of carbonyl (C=O) groups excluding carboxylic acids is 1. The van der Waals surface area contributed by atoms with E-state index >= 15 is 0 Å². The number of amides is 1. The molecule has 3 rings (SSSR count). The van der Waals surface area contributed by atoms with Crippen molar-refractivity contribution in [3.8, 4) is 5.75 Å². The van der Waals surface area contributed by atoms with Gasteiger partial charge in [-0.25, -0.2) is 13.8 Å². The van der Waals surface area contributed by atoms with Crippen molar-refractivity contribution in [1.82, 2.24) is 4.98 Å². The number of anilines is 1. The van der Waals surface area contributed by atoms with E-state index in [1.165, 1.54) is 0 Å². The second-order valence-electron chi connectivity index (χ2n) is 5.24. The number of para-hydroxylation sites is 1. The molecular weight excluding hydrogens is 314 g/mol. The Bertz CT molecular complexity index is 898. The van der Waals surface area contributed by atoms with Crippen LogP contribution in [0.1, 0.15) is 5.69 Å². The number of fused-ring (bicyclic) bond motifs is 1. The minimum atomic E-state index is -0.773. The summed E-state index contributed by atoms with van der Waals surface area (Å²) in [4.78, 5) is 16.1. The summed E-state index contributed by atoms with van der Waals surface area (Å²) in [5.41, 5.74) is 0.806. The molecule has 0 saturated heterocycles. The zero-order valence-electron chi connectivity index (χ0n) is 12.8. The number of nitrogens with one attached hydrogen (secondary N) is 1. The molecular formula is C18H14F2N2O2. The van der Waals surface area contributed by atoms with E-state index in [4.69, 9.17) is 4.74 Å². The predicted molar refractivity (Wildman–Crippen MR) is 87.0 cm³/mol. The normalized spacial score (nSPS) is 10.6. The average Bonchev–Trinajstić information content (AvgIpc) is 2.55. The highest BCUT2D eigenvalue weighted by atomic mass is 19.1. The minimum Gasteiger partial charge on any atom is -0.484 e. The van der Waals surface area contributed by atoms with Crippen molar-refractivity contribution >= 4 is 22.5 Å². The van der Waals surface area contributed by atoms with Crippen molar-refractivity contribution < 1.29 is 18.3 Å². The molecule has 1 N–H and O–H groups in total. The monoisotopic (exact) mass is 328 g/mol. The summed E-state index contributed by atoms with van der Waals surface area (Å²) in [6, 6.07) is 12.3. The van der Waals surface area contributed by atoms with Gasteiger partial charge in [-0.3, -0.25) is 4.79 Å². The van der Waals surface area contributed by atoms with Crippen LogP contribution in [-0.4, -0.2) is 17.5 Å². The molecule has 1 amide bonds. The topological polar surface area (TPSA) is 51.2 Å². The van der Waals surface area contributed by atoms with Crippen LogP contribution in [0, 0.1) is 18.6 Å². The lowest BCUT2D eigenvalue weighted by molar-refractivity contribution is -0.118. The third-order valence-electron chi connectivity index (χ3n) is 3.35. The maximum atomic E-state index is 13.9. The lowest BCUT2D eigenvalue weighted by atomic mass is 10.1. The summed E-state index contributed by atoms with van der Waals surface area (Å²) >= 11 is 0. The molecule has 6 heteroatoms. The first-order chi connectivity index (χ1) is 11.5. The van der Waals surface area contributed by atoms with Crippen molar-refractivity contribution in [3.63, 3.8) is 0 Å². The maximum absolute atomic E-state index is 13.9. The Morgan fingerprint density at radius 2 is 1.92 bits per heavy atom. The summed E-state index contributed by atoms with van der Waals surface area (Å²) in [6.07, 6.45) is 0. The third kappa shape index (κ3) is 3.48. The highest BCUT2D eigenvalue weighted by Gasteiger charge is 2.13. The van der Waals surface area contributed by atoms with Crippen LogP contribution in [-0.2, 0) is 4.79 Å². The summed E-state index contributed by atoms with van der Waals surface area (Å²) in [5, 5.41) is 2.81. The largest absolute Gasteiger partial charge is 0.484 e. The van der Waals surface area contributed by atoms with Gasteiger partial charge in [0.2, 0.25) is 0 Å². The average molecular weight is 328 g/mol. The van der Waals surface area contributed by atoms with E-state index in [2.05, 4.69) is 10.3 Å². The van der Waals surface area contributed by atoms with Crippen LogP contribution in [0.15, 0.2) is 48.5 Å². The van der Waals surface area contributed by atoms with Gasteiger partial charge in [0.15, 0.2) is 12.4 Å². The fourth-order valence-corrected chi connectivity index (χ4v) is 2.34. The Morgan fingerprint density at radius 3 is 2.67 bits per heavy atom. The zero-order chi connectivity index (χ0) is 17.1. The molecule has 122 valence electrons. The molecule has 1 heterocycles. The molecule has 0 radical (unpaired) electrons.